The van der Waals surface area contributed by atoms with Gasteiger partial charge in [-0.2, -0.15) is 22.8 Å². The van der Waals surface area contributed by atoms with Crippen molar-refractivity contribution < 1.29 is 22.3 Å². The summed E-state index contributed by atoms with van der Waals surface area (Å²) >= 11 is 0. The van der Waals surface area contributed by atoms with Crippen LogP contribution in [-0.4, -0.2) is 12.7 Å². The molecule has 0 aromatic heterocycles. The van der Waals surface area contributed by atoms with E-state index < -0.39 is 17.6 Å². The minimum Gasteiger partial charge on any atom is -0.378 e. The molecule has 2 nitrogen and oxygen atoms in total. The average molecular weight is 381 g/mol. The molecule has 0 N–H and O–H groups in total. The molecule has 146 valence electrons. The first-order valence-corrected chi connectivity index (χ1v) is 8.94. The van der Waals surface area contributed by atoms with E-state index in [0.29, 0.717) is 6.42 Å². The second-order valence-electron chi connectivity index (χ2n) is 6.87. The molecule has 6 heteroatoms. The number of rotatable bonds is 6. The molecule has 1 fully saturated rings. The molecule has 0 unspecified atom stereocenters. The van der Waals surface area contributed by atoms with Gasteiger partial charge in [0.05, 0.1) is 11.2 Å². The monoisotopic (exact) mass is 381 g/mol. The maximum absolute atomic E-state index is 12.7. The molecule has 1 aromatic carbocycles. The topological polar surface area (TPSA) is 33.0 Å². The third kappa shape index (κ3) is 5.93. The highest BCUT2D eigenvalue weighted by molar-refractivity contribution is 5.27. The number of alkyl halides is 3. The molecule has 1 aliphatic rings. The quantitative estimate of drug-likeness (QED) is 0.322. The molecule has 0 radical (unpaired) electrons. The van der Waals surface area contributed by atoms with Crippen molar-refractivity contribution in [3.05, 3.63) is 59.4 Å². The predicted octanol–water partition coefficient (Wildman–Crippen LogP) is 6.46. The van der Waals surface area contributed by atoms with Gasteiger partial charge in [-0.1, -0.05) is 24.3 Å². The summed E-state index contributed by atoms with van der Waals surface area (Å²) in [5.74, 6) is -0.594. The first-order valence-electron chi connectivity index (χ1n) is 8.94. The van der Waals surface area contributed by atoms with E-state index in [9.17, 15) is 17.6 Å². The fourth-order valence-corrected chi connectivity index (χ4v) is 3.61. The van der Waals surface area contributed by atoms with Crippen molar-refractivity contribution in [2.75, 3.05) is 7.11 Å². The van der Waals surface area contributed by atoms with Crippen molar-refractivity contribution in [1.29, 1.82) is 5.26 Å². The van der Waals surface area contributed by atoms with Crippen molar-refractivity contribution in [2.45, 2.75) is 56.2 Å². The third-order valence-corrected chi connectivity index (χ3v) is 5.29. The summed E-state index contributed by atoms with van der Waals surface area (Å²) in [5, 5.41) is 8.35. The van der Waals surface area contributed by atoms with Crippen molar-refractivity contribution in [2.24, 2.45) is 0 Å². The van der Waals surface area contributed by atoms with Crippen molar-refractivity contribution in [3.8, 4) is 6.07 Å². The lowest BCUT2D eigenvalue weighted by molar-refractivity contribution is -0.137. The van der Waals surface area contributed by atoms with E-state index in [2.05, 4.69) is 0 Å². The van der Waals surface area contributed by atoms with E-state index in [4.69, 9.17) is 10.00 Å². The second-order valence-corrected chi connectivity index (χ2v) is 6.87. The molecule has 0 heterocycles. The molecule has 0 atom stereocenters. The Kier molecular flexibility index (Phi) is 7.20. The zero-order chi connectivity index (χ0) is 19.9. The number of benzene rings is 1. The van der Waals surface area contributed by atoms with Gasteiger partial charge < -0.3 is 4.74 Å². The lowest BCUT2D eigenvalue weighted by atomic mass is 9.74. The summed E-state index contributed by atoms with van der Waals surface area (Å²) < 4.78 is 56.5. The molecule has 1 aromatic rings. The Labute approximate surface area is 157 Å². The lowest BCUT2D eigenvalue weighted by Gasteiger charge is -2.39. The number of nitrogens with zero attached hydrogens (tertiary/aromatic N) is 1. The van der Waals surface area contributed by atoms with Crippen LogP contribution >= 0.6 is 0 Å². The van der Waals surface area contributed by atoms with Crippen molar-refractivity contribution in [3.63, 3.8) is 0 Å². The zero-order valence-electron chi connectivity index (χ0n) is 15.2. The van der Waals surface area contributed by atoms with Crippen LogP contribution in [0.2, 0.25) is 0 Å². The highest BCUT2D eigenvalue weighted by Gasteiger charge is 2.35. The summed E-state index contributed by atoms with van der Waals surface area (Å²) in [4.78, 5) is 0. The van der Waals surface area contributed by atoms with Crippen LogP contribution in [0.3, 0.4) is 0 Å². The Bertz CT molecular complexity index is 705. The van der Waals surface area contributed by atoms with Crippen LogP contribution in [0.15, 0.2) is 48.3 Å². The van der Waals surface area contributed by atoms with Crippen LogP contribution < -0.4 is 0 Å². The number of methoxy groups -OCH3 is 1. The van der Waals surface area contributed by atoms with E-state index in [1.165, 1.54) is 12.1 Å². The van der Waals surface area contributed by atoms with E-state index in [-0.39, 0.29) is 11.5 Å². The van der Waals surface area contributed by atoms with Gasteiger partial charge in [-0.15, -0.1) is 0 Å². The fourth-order valence-electron chi connectivity index (χ4n) is 3.61. The molecule has 0 bridgehead atoms. The molecule has 0 aliphatic heterocycles. The summed E-state index contributed by atoms with van der Waals surface area (Å²) in [5.41, 5.74) is 0.0521. The molecular formula is C21H23F4NO. The summed E-state index contributed by atoms with van der Waals surface area (Å²) in [6.07, 6.45) is 4.98. The number of halogens is 4. The standard InChI is InChI=1S/C21H23F4NO/c1-27-20(12-4-2-3-5-19(22)15-26)13-10-17(11-14-20)16-6-8-18(9-7-16)21(23,24)25/h2-3,5-9,17H,4,10-14H2,1H3. The minimum absolute atomic E-state index is 0.235. The maximum Gasteiger partial charge on any atom is 0.416 e. The average Bonchev–Trinajstić information content (AvgIpc) is 2.67. The number of hydrogen-bond acceptors (Lipinski definition) is 2. The minimum atomic E-state index is -4.31. The SMILES string of the molecule is COC1(CCC=CC=C(F)C#N)CCC(c2ccc(C(F)(F)F)cc2)CC1. The van der Waals surface area contributed by atoms with Gasteiger partial charge in [-0.3, -0.25) is 0 Å². The highest BCUT2D eigenvalue weighted by atomic mass is 19.4. The predicted molar refractivity (Wildman–Crippen MR) is 95.6 cm³/mol. The van der Waals surface area contributed by atoms with Crippen LogP contribution in [0, 0.1) is 11.3 Å². The zero-order valence-corrected chi connectivity index (χ0v) is 15.2. The Balaban J connectivity index is 1.91. The van der Waals surface area contributed by atoms with Crippen LogP contribution in [-0.2, 0) is 10.9 Å². The van der Waals surface area contributed by atoms with Gasteiger partial charge in [0, 0.05) is 7.11 Å². The Morgan fingerprint density at radius 3 is 2.41 bits per heavy atom. The number of hydrogen-bond donors (Lipinski definition) is 0. The number of nitriles is 1. The summed E-state index contributed by atoms with van der Waals surface area (Å²) in [6.45, 7) is 0. The van der Waals surface area contributed by atoms with Crippen LogP contribution in [0.4, 0.5) is 17.6 Å². The number of allylic oxidation sites excluding steroid dienone is 4. The first kappa shape index (κ1) is 21.2. The number of ether oxygens (including phenoxy) is 1. The van der Waals surface area contributed by atoms with E-state index in [0.717, 1.165) is 55.9 Å². The van der Waals surface area contributed by atoms with Gasteiger partial charge in [-0.25, -0.2) is 0 Å². The molecular weight excluding hydrogens is 358 g/mol. The molecule has 1 aliphatic carbocycles. The largest absolute Gasteiger partial charge is 0.416 e. The molecule has 0 spiro atoms. The Morgan fingerprint density at radius 2 is 1.89 bits per heavy atom. The van der Waals surface area contributed by atoms with Crippen LogP contribution in [0.5, 0.6) is 0 Å². The van der Waals surface area contributed by atoms with E-state index in [1.807, 2.05) is 0 Å². The first-order chi connectivity index (χ1) is 12.8. The maximum atomic E-state index is 12.7. The van der Waals surface area contributed by atoms with E-state index >= 15 is 0 Å². The molecule has 2 rings (SSSR count). The van der Waals surface area contributed by atoms with E-state index in [1.54, 1.807) is 25.3 Å². The molecule has 1 saturated carbocycles. The van der Waals surface area contributed by atoms with Crippen LogP contribution in [0.25, 0.3) is 0 Å². The van der Waals surface area contributed by atoms with Crippen LogP contribution in [0.1, 0.15) is 55.6 Å². The normalized spacial score (nSPS) is 24.1. The summed E-state index contributed by atoms with van der Waals surface area (Å²) in [7, 11) is 1.68. The van der Waals surface area contributed by atoms with Gasteiger partial charge in [-0.05, 0) is 68.2 Å². The van der Waals surface area contributed by atoms with Gasteiger partial charge in [0.25, 0.3) is 0 Å². The lowest BCUT2D eigenvalue weighted by Crippen LogP contribution is -2.35. The molecule has 0 saturated heterocycles. The highest BCUT2D eigenvalue weighted by Crippen LogP contribution is 2.42. The second kappa shape index (κ2) is 9.18. The fraction of sp³-hybridized carbons (Fsp3) is 0.476. The van der Waals surface area contributed by atoms with Gasteiger partial charge >= 0.3 is 6.18 Å². The Morgan fingerprint density at radius 1 is 1.26 bits per heavy atom. The van der Waals surface area contributed by atoms with Gasteiger partial charge in [0.15, 0.2) is 5.83 Å². The summed E-state index contributed by atoms with van der Waals surface area (Å²) in [6, 6.07) is 6.85. The van der Waals surface area contributed by atoms with Gasteiger partial charge in [0.1, 0.15) is 6.07 Å². The Hall–Kier alpha value is -2.13. The smallest absolute Gasteiger partial charge is 0.378 e. The van der Waals surface area contributed by atoms with Gasteiger partial charge in [0.2, 0.25) is 0 Å². The molecule has 0 amide bonds. The van der Waals surface area contributed by atoms with Crippen molar-refractivity contribution in [1.82, 2.24) is 0 Å². The van der Waals surface area contributed by atoms with Crippen molar-refractivity contribution >= 4 is 0 Å². The molecule has 27 heavy (non-hydrogen) atoms. The third-order valence-electron chi connectivity index (χ3n) is 5.29.